The van der Waals surface area contributed by atoms with Crippen molar-refractivity contribution in [3.8, 4) is 5.75 Å². The predicted molar refractivity (Wildman–Crippen MR) is 113 cm³/mol. The Kier molecular flexibility index (Phi) is 8.00. The molecule has 0 spiro atoms. The zero-order valence-electron chi connectivity index (χ0n) is 16.9. The summed E-state index contributed by atoms with van der Waals surface area (Å²) in [6, 6.07) is 17.6. The molecular formula is C23H24N2O5. The molecule has 3 rings (SSSR count). The monoisotopic (exact) mass is 408 g/mol. The van der Waals surface area contributed by atoms with Crippen LogP contribution in [0.5, 0.6) is 5.75 Å². The quantitative estimate of drug-likeness (QED) is 0.346. The van der Waals surface area contributed by atoms with Crippen LogP contribution in [0.4, 0.5) is 0 Å². The minimum absolute atomic E-state index is 0.339. The Bertz CT molecular complexity index is 1010. The number of benzene rings is 2. The van der Waals surface area contributed by atoms with Crippen LogP contribution < -0.4 is 4.74 Å². The number of pyridine rings is 1. The molecule has 0 atom stereocenters. The molecule has 0 fully saturated rings. The van der Waals surface area contributed by atoms with E-state index in [1.165, 1.54) is 0 Å². The van der Waals surface area contributed by atoms with Crippen LogP contribution in [-0.4, -0.2) is 30.7 Å². The van der Waals surface area contributed by atoms with E-state index in [1.54, 1.807) is 0 Å². The van der Waals surface area contributed by atoms with Crippen molar-refractivity contribution >= 4 is 16.8 Å². The Labute approximate surface area is 175 Å². The van der Waals surface area contributed by atoms with Crippen molar-refractivity contribution in [1.29, 1.82) is 0 Å². The highest BCUT2D eigenvalue weighted by atomic mass is 16.5. The largest absolute Gasteiger partial charge is 0.483 e. The van der Waals surface area contributed by atoms with Crippen molar-refractivity contribution in [2.75, 3.05) is 19.8 Å². The topological polar surface area (TPSA) is 87.1 Å². The third-order valence-electron chi connectivity index (χ3n) is 4.48. The lowest BCUT2D eigenvalue weighted by Crippen LogP contribution is -2.10. The van der Waals surface area contributed by atoms with E-state index in [0.717, 1.165) is 34.1 Å². The minimum atomic E-state index is -0.844. The van der Waals surface area contributed by atoms with Gasteiger partial charge < -0.3 is 14.2 Å². The van der Waals surface area contributed by atoms with E-state index < -0.39 is 5.91 Å². The first-order valence-electron chi connectivity index (χ1n) is 9.75. The molecule has 0 aliphatic rings. The second-order valence-electron chi connectivity index (χ2n) is 6.79. The lowest BCUT2D eigenvalue weighted by atomic mass is 10.1. The lowest BCUT2D eigenvalue weighted by Gasteiger charge is -2.13. The molecule has 0 aliphatic carbocycles. The van der Waals surface area contributed by atoms with Crippen LogP contribution in [0.15, 0.2) is 59.8 Å². The zero-order chi connectivity index (χ0) is 21.2. The number of hydrogen-bond acceptors (Lipinski definition) is 6. The maximum atomic E-state index is 11.1. The molecule has 0 saturated heterocycles. The van der Waals surface area contributed by atoms with Crippen LogP contribution in [0.2, 0.25) is 0 Å². The van der Waals surface area contributed by atoms with Crippen LogP contribution in [0, 0.1) is 11.8 Å². The summed E-state index contributed by atoms with van der Waals surface area (Å²) >= 11 is 0. The van der Waals surface area contributed by atoms with Crippen molar-refractivity contribution in [3.63, 3.8) is 0 Å². The standard InChI is InChI=1S/C23H24N2O5/c1-17-6-4-8-19(23(17)30-16-22(26)25-27)14-28-12-5-13-29-15-20-11-10-18-7-2-3-9-21(18)24-20/h2-4,6-11H,5,12-16H2,1H3. The Morgan fingerprint density at radius 3 is 2.60 bits per heavy atom. The molecule has 2 aromatic carbocycles. The number of hydrogen-bond donors (Lipinski definition) is 0. The third-order valence-corrected chi connectivity index (χ3v) is 4.48. The molecule has 7 heteroatoms. The number of aryl methyl sites for hydroxylation is 1. The number of amides is 1. The van der Waals surface area contributed by atoms with Gasteiger partial charge in [0.05, 0.1) is 24.4 Å². The van der Waals surface area contributed by atoms with E-state index in [2.05, 4.69) is 10.2 Å². The van der Waals surface area contributed by atoms with E-state index in [9.17, 15) is 9.70 Å². The maximum Gasteiger partial charge on any atom is 0.323 e. The van der Waals surface area contributed by atoms with E-state index in [-0.39, 0.29) is 6.61 Å². The third kappa shape index (κ3) is 6.17. The van der Waals surface area contributed by atoms with Crippen molar-refractivity contribution in [3.05, 3.63) is 76.3 Å². The van der Waals surface area contributed by atoms with Crippen molar-refractivity contribution < 1.29 is 19.0 Å². The summed E-state index contributed by atoms with van der Waals surface area (Å²) in [6.07, 6.45) is 0.739. The van der Waals surface area contributed by atoms with Gasteiger partial charge >= 0.3 is 5.91 Å². The van der Waals surface area contributed by atoms with E-state index in [4.69, 9.17) is 14.2 Å². The predicted octanol–water partition coefficient (Wildman–Crippen LogP) is 4.34. The number of carbonyl (C=O) groups excluding carboxylic acids is 1. The highest BCUT2D eigenvalue weighted by Crippen LogP contribution is 2.24. The first kappa shape index (κ1) is 21.5. The van der Waals surface area contributed by atoms with Gasteiger partial charge in [0, 0.05) is 29.3 Å². The van der Waals surface area contributed by atoms with Crippen LogP contribution in [0.1, 0.15) is 23.2 Å². The molecule has 0 unspecified atom stereocenters. The van der Waals surface area contributed by atoms with Crippen LogP contribution in [0.25, 0.3) is 10.9 Å². The number of para-hydroxylation sites is 2. The second-order valence-corrected chi connectivity index (χ2v) is 6.79. The number of fused-ring (bicyclic) bond motifs is 1. The van der Waals surface area contributed by atoms with Crippen molar-refractivity contribution in [2.24, 2.45) is 5.18 Å². The number of aromatic nitrogens is 1. The summed E-state index contributed by atoms with van der Waals surface area (Å²) in [5.74, 6) is -0.295. The van der Waals surface area contributed by atoms with Gasteiger partial charge in [-0.2, -0.15) is 0 Å². The highest BCUT2D eigenvalue weighted by Gasteiger charge is 2.10. The van der Waals surface area contributed by atoms with Crippen LogP contribution in [-0.2, 0) is 27.5 Å². The molecule has 0 saturated carbocycles. The molecule has 1 heterocycles. The average molecular weight is 408 g/mol. The smallest absolute Gasteiger partial charge is 0.323 e. The van der Waals surface area contributed by atoms with E-state index in [1.807, 2.05) is 61.5 Å². The van der Waals surface area contributed by atoms with E-state index >= 15 is 0 Å². The second kappa shape index (κ2) is 11.1. The Morgan fingerprint density at radius 2 is 1.77 bits per heavy atom. The van der Waals surface area contributed by atoms with Gasteiger partial charge in [-0.05, 0) is 31.0 Å². The van der Waals surface area contributed by atoms with E-state index in [0.29, 0.717) is 32.2 Å². The van der Waals surface area contributed by atoms with Gasteiger partial charge in [0.2, 0.25) is 0 Å². The fourth-order valence-electron chi connectivity index (χ4n) is 3.00. The molecule has 0 bridgehead atoms. The average Bonchev–Trinajstić information content (AvgIpc) is 2.77. The molecule has 0 aliphatic heterocycles. The SMILES string of the molecule is Cc1cccc(COCCCOCc2ccc3ccccc3n2)c1OCC(=O)N=O. The minimum Gasteiger partial charge on any atom is -0.483 e. The zero-order valence-corrected chi connectivity index (χ0v) is 16.9. The van der Waals surface area contributed by atoms with Gasteiger partial charge in [-0.15, -0.1) is 4.91 Å². The normalized spacial score (nSPS) is 10.8. The van der Waals surface area contributed by atoms with Crippen molar-refractivity contribution in [2.45, 2.75) is 26.6 Å². The first-order valence-corrected chi connectivity index (χ1v) is 9.75. The summed E-state index contributed by atoms with van der Waals surface area (Å²) < 4.78 is 16.8. The van der Waals surface area contributed by atoms with Crippen LogP contribution >= 0.6 is 0 Å². The van der Waals surface area contributed by atoms with Gasteiger partial charge in [-0.25, -0.2) is 0 Å². The van der Waals surface area contributed by atoms with Crippen molar-refractivity contribution in [1.82, 2.24) is 4.98 Å². The molecule has 30 heavy (non-hydrogen) atoms. The molecule has 156 valence electrons. The van der Waals surface area contributed by atoms with Gasteiger partial charge in [0.25, 0.3) is 0 Å². The Hall–Kier alpha value is -3.16. The first-order chi connectivity index (χ1) is 14.7. The summed E-state index contributed by atoms with van der Waals surface area (Å²) in [5.41, 5.74) is 3.54. The number of nitrogens with zero attached hydrogens (tertiary/aromatic N) is 2. The molecule has 1 amide bonds. The summed E-state index contributed by atoms with van der Waals surface area (Å²) in [7, 11) is 0. The Balaban J connectivity index is 1.38. The number of nitroso groups, excluding NO2 is 1. The molecule has 3 aromatic rings. The van der Waals surface area contributed by atoms with Crippen LogP contribution in [0.3, 0.4) is 0 Å². The number of rotatable bonds is 11. The number of carbonyl (C=O) groups is 1. The molecular weight excluding hydrogens is 384 g/mol. The van der Waals surface area contributed by atoms with Gasteiger partial charge in [0.15, 0.2) is 6.61 Å². The maximum absolute atomic E-state index is 11.1. The summed E-state index contributed by atoms with van der Waals surface area (Å²) in [5, 5.41) is 3.45. The fourth-order valence-corrected chi connectivity index (χ4v) is 3.00. The van der Waals surface area contributed by atoms with Gasteiger partial charge in [-0.3, -0.25) is 9.78 Å². The molecule has 0 radical (unpaired) electrons. The lowest BCUT2D eigenvalue weighted by molar-refractivity contribution is -0.119. The van der Waals surface area contributed by atoms with Gasteiger partial charge in [0.1, 0.15) is 5.75 Å². The van der Waals surface area contributed by atoms with Gasteiger partial charge in [-0.1, -0.05) is 42.5 Å². The fraction of sp³-hybridized carbons (Fsp3) is 0.304. The Morgan fingerprint density at radius 1 is 0.967 bits per heavy atom. The highest BCUT2D eigenvalue weighted by molar-refractivity contribution is 5.78. The molecule has 7 nitrogen and oxygen atoms in total. The summed E-state index contributed by atoms with van der Waals surface area (Å²) in [6.45, 7) is 3.37. The molecule has 0 N–H and O–H groups in total. The number of ether oxygens (including phenoxy) is 3. The summed E-state index contributed by atoms with van der Waals surface area (Å²) in [4.78, 5) is 25.9. The molecule has 1 aromatic heterocycles.